The second-order valence-corrected chi connectivity index (χ2v) is 6.96. The Morgan fingerprint density at radius 3 is 2.68 bits per heavy atom. The van der Waals surface area contributed by atoms with E-state index in [4.69, 9.17) is 32.9 Å². The minimum absolute atomic E-state index is 0.0110. The van der Waals surface area contributed by atoms with Crippen molar-refractivity contribution < 1.29 is 27.4 Å². The van der Waals surface area contributed by atoms with E-state index in [0.29, 0.717) is 16.3 Å². The van der Waals surface area contributed by atoms with E-state index in [-0.39, 0.29) is 24.7 Å². The average molecular weight is 454 g/mol. The van der Waals surface area contributed by atoms with Crippen LogP contribution in [0.25, 0.3) is 0 Å². The van der Waals surface area contributed by atoms with Gasteiger partial charge >= 0.3 is 11.9 Å². The maximum absolute atomic E-state index is 13.1. The molecule has 1 aromatic carbocycles. The van der Waals surface area contributed by atoms with Crippen LogP contribution < -0.4 is 11.2 Å². The molecule has 11 heteroatoms. The molecule has 2 heterocycles. The Bertz CT molecular complexity index is 1090. The number of hydrogen-bond donors (Lipinski definition) is 1. The Hall–Kier alpha value is -2.94. The first-order valence-corrected chi connectivity index (χ1v) is 9.47. The molecular weight excluding hydrogens is 437 g/mol. The first-order chi connectivity index (χ1) is 14.7. The monoisotopic (exact) mass is 454 g/mol. The van der Waals surface area contributed by atoms with Gasteiger partial charge in [-0.3, -0.25) is 14.3 Å². The molecule has 0 saturated carbocycles. The lowest BCUT2D eigenvalue weighted by Gasteiger charge is -2.19. The smallest absolute Gasteiger partial charge is 0.423 e. The Morgan fingerprint density at radius 1 is 1.32 bits per heavy atom. The fourth-order valence-corrected chi connectivity index (χ4v) is 3.27. The zero-order valence-electron chi connectivity index (χ0n) is 15.9. The number of alkyl halides is 3. The summed E-state index contributed by atoms with van der Waals surface area (Å²) in [4.78, 5) is 25.3. The van der Waals surface area contributed by atoms with Crippen LogP contribution in [0.2, 0.25) is 0 Å². The Balaban J connectivity index is 1.80. The summed E-state index contributed by atoms with van der Waals surface area (Å²) in [5, 5.41) is 0.198. The van der Waals surface area contributed by atoms with Gasteiger partial charge in [-0.15, -0.1) is 6.42 Å². The van der Waals surface area contributed by atoms with Gasteiger partial charge in [0.2, 0.25) is 0 Å². The van der Waals surface area contributed by atoms with Crippen molar-refractivity contribution in [1.82, 2.24) is 9.55 Å². The van der Waals surface area contributed by atoms with Gasteiger partial charge in [-0.25, -0.2) is 4.79 Å². The summed E-state index contributed by atoms with van der Waals surface area (Å²) < 4.78 is 56.7. The SMILES string of the molecule is C#CCO[C@H]1C[C@H](n2cc(C(F)(F)F)c(=O)[nH]c2=O)O[C@@H]1COC(=S)c1ccccc1. The third-order valence-corrected chi connectivity index (χ3v) is 4.89. The molecule has 1 aliphatic rings. The number of rotatable bonds is 6. The molecule has 0 bridgehead atoms. The van der Waals surface area contributed by atoms with Crippen LogP contribution in [-0.2, 0) is 20.4 Å². The number of thiocarbonyl (C=S) groups is 1. The van der Waals surface area contributed by atoms with Crippen molar-refractivity contribution in [3.63, 3.8) is 0 Å². The molecule has 3 rings (SSSR count). The molecule has 164 valence electrons. The van der Waals surface area contributed by atoms with Crippen LogP contribution in [0.1, 0.15) is 23.8 Å². The summed E-state index contributed by atoms with van der Waals surface area (Å²) in [6.07, 6.45) is -1.85. The fraction of sp³-hybridized carbons (Fsp3) is 0.350. The number of halogens is 3. The number of ether oxygens (including phenoxy) is 3. The van der Waals surface area contributed by atoms with E-state index in [1.54, 1.807) is 29.2 Å². The van der Waals surface area contributed by atoms with Crippen molar-refractivity contribution in [3.8, 4) is 12.3 Å². The summed E-state index contributed by atoms with van der Waals surface area (Å²) in [6.45, 7) is -0.154. The number of nitrogens with one attached hydrogen (secondary N) is 1. The minimum atomic E-state index is -4.94. The van der Waals surface area contributed by atoms with E-state index in [0.717, 1.165) is 0 Å². The minimum Gasteiger partial charge on any atom is -0.480 e. The maximum atomic E-state index is 13.1. The van der Waals surface area contributed by atoms with Crippen LogP contribution >= 0.6 is 12.2 Å². The molecule has 31 heavy (non-hydrogen) atoms. The fourth-order valence-electron chi connectivity index (χ4n) is 3.07. The number of terminal acetylenes is 1. The lowest BCUT2D eigenvalue weighted by molar-refractivity contribution is -0.139. The van der Waals surface area contributed by atoms with Crippen molar-refractivity contribution in [2.75, 3.05) is 13.2 Å². The standard InChI is InChI=1S/C20H17F3N2O5S/c1-2-8-28-14-9-16(25-10-13(20(21,22)23)17(26)24-19(25)27)30-15(14)11-29-18(31)12-6-4-3-5-7-12/h1,3-7,10,14-16H,8-9,11H2,(H,24,26,27)/t14-,15+,16+/m0/s1. The first kappa shape index (κ1) is 22.7. The van der Waals surface area contributed by atoms with Gasteiger partial charge in [0.1, 0.15) is 31.1 Å². The van der Waals surface area contributed by atoms with Gasteiger partial charge in [0.25, 0.3) is 5.56 Å². The average Bonchev–Trinajstić information content (AvgIpc) is 3.12. The molecule has 1 fully saturated rings. The number of hydrogen-bond acceptors (Lipinski definition) is 6. The van der Waals surface area contributed by atoms with Crippen molar-refractivity contribution in [1.29, 1.82) is 0 Å². The van der Waals surface area contributed by atoms with Crippen molar-refractivity contribution in [3.05, 3.63) is 68.5 Å². The second-order valence-electron chi connectivity index (χ2n) is 6.59. The normalized spacial score (nSPS) is 20.9. The van der Waals surface area contributed by atoms with Gasteiger partial charge in [0.15, 0.2) is 5.05 Å². The summed E-state index contributed by atoms with van der Waals surface area (Å²) in [5.41, 5.74) is -3.42. The molecule has 1 N–H and O–H groups in total. The molecule has 1 aliphatic heterocycles. The zero-order chi connectivity index (χ0) is 22.6. The number of nitrogens with zero attached hydrogens (tertiary/aromatic N) is 1. The highest BCUT2D eigenvalue weighted by Crippen LogP contribution is 2.32. The van der Waals surface area contributed by atoms with Crippen LogP contribution in [-0.4, -0.2) is 40.0 Å². The molecule has 0 aliphatic carbocycles. The van der Waals surface area contributed by atoms with E-state index < -0.39 is 41.4 Å². The summed E-state index contributed by atoms with van der Waals surface area (Å²) >= 11 is 5.23. The molecular formula is C20H17F3N2O5S. The number of H-pyrrole nitrogens is 1. The van der Waals surface area contributed by atoms with Crippen molar-refractivity contribution >= 4 is 17.3 Å². The summed E-state index contributed by atoms with van der Waals surface area (Å²) in [5.74, 6) is 2.30. The molecule has 0 spiro atoms. The Kier molecular flexibility index (Phi) is 6.94. The quantitative estimate of drug-likeness (QED) is 0.533. The van der Waals surface area contributed by atoms with Crippen molar-refractivity contribution in [2.45, 2.75) is 31.0 Å². The third-order valence-electron chi connectivity index (χ3n) is 4.53. The van der Waals surface area contributed by atoms with Crippen LogP contribution in [0.5, 0.6) is 0 Å². The Labute approximate surface area is 179 Å². The molecule has 0 unspecified atom stereocenters. The van der Waals surface area contributed by atoms with Crippen molar-refractivity contribution in [2.24, 2.45) is 0 Å². The van der Waals surface area contributed by atoms with E-state index in [9.17, 15) is 22.8 Å². The van der Waals surface area contributed by atoms with Crippen LogP contribution in [0, 0.1) is 12.3 Å². The summed E-state index contributed by atoms with van der Waals surface area (Å²) in [7, 11) is 0. The third kappa shape index (κ3) is 5.41. The van der Waals surface area contributed by atoms with Gasteiger partial charge in [-0.05, 0) is 12.2 Å². The lowest BCUT2D eigenvalue weighted by Crippen LogP contribution is -2.36. The first-order valence-electron chi connectivity index (χ1n) is 9.06. The highest BCUT2D eigenvalue weighted by molar-refractivity contribution is 7.80. The van der Waals surface area contributed by atoms with Crippen LogP contribution in [0.15, 0.2) is 46.1 Å². The summed E-state index contributed by atoms with van der Waals surface area (Å²) in [6, 6.07) is 8.90. The van der Waals surface area contributed by atoms with Crippen LogP contribution in [0.4, 0.5) is 13.2 Å². The number of aromatic amines is 1. The topological polar surface area (TPSA) is 82.6 Å². The predicted molar refractivity (Wildman–Crippen MR) is 108 cm³/mol. The lowest BCUT2D eigenvalue weighted by atomic mass is 10.2. The zero-order valence-corrected chi connectivity index (χ0v) is 16.7. The molecule has 1 aromatic heterocycles. The molecule has 0 radical (unpaired) electrons. The van der Waals surface area contributed by atoms with Gasteiger partial charge in [-0.1, -0.05) is 36.3 Å². The van der Waals surface area contributed by atoms with E-state index >= 15 is 0 Å². The van der Waals surface area contributed by atoms with Crippen LogP contribution in [0.3, 0.4) is 0 Å². The molecule has 2 aromatic rings. The molecule has 3 atom stereocenters. The molecule has 7 nitrogen and oxygen atoms in total. The van der Waals surface area contributed by atoms with Gasteiger partial charge in [0, 0.05) is 18.2 Å². The Morgan fingerprint density at radius 2 is 2.03 bits per heavy atom. The van der Waals surface area contributed by atoms with E-state index in [1.807, 2.05) is 6.07 Å². The maximum Gasteiger partial charge on any atom is 0.423 e. The predicted octanol–water partition coefficient (Wildman–Crippen LogP) is 2.25. The number of aromatic nitrogens is 2. The molecule has 1 saturated heterocycles. The van der Waals surface area contributed by atoms with Gasteiger partial charge in [0.05, 0.1) is 6.10 Å². The highest BCUT2D eigenvalue weighted by atomic mass is 32.1. The highest BCUT2D eigenvalue weighted by Gasteiger charge is 2.40. The van der Waals surface area contributed by atoms with E-state index in [2.05, 4.69) is 5.92 Å². The van der Waals surface area contributed by atoms with E-state index in [1.165, 1.54) is 0 Å². The molecule has 0 amide bonds. The second kappa shape index (κ2) is 9.47. The number of benzene rings is 1. The van der Waals surface area contributed by atoms with Gasteiger partial charge in [-0.2, -0.15) is 13.2 Å². The van der Waals surface area contributed by atoms with Gasteiger partial charge < -0.3 is 14.2 Å². The largest absolute Gasteiger partial charge is 0.480 e.